The molecule has 150 valence electrons. The number of amides is 1. The van der Waals surface area contributed by atoms with Gasteiger partial charge < -0.3 is 5.32 Å². The highest BCUT2D eigenvalue weighted by molar-refractivity contribution is 7.99. The van der Waals surface area contributed by atoms with Gasteiger partial charge in [0.25, 0.3) is 5.91 Å². The van der Waals surface area contributed by atoms with E-state index in [4.69, 9.17) is 34.8 Å². The molecule has 0 atom stereocenters. The van der Waals surface area contributed by atoms with Crippen molar-refractivity contribution in [3.8, 4) is 0 Å². The standard InChI is InChI=1S/C18H17Cl3N2O3S2/c19-11-1-5-13(6-2-11)27-8-7-22-18(24)14-9-17(16(21)10-15(14)20)28(25,26)23-12-3-4-12/h1-2,5-6,9-10,12,23H,3-4,7-8H2,(H,22,24). The van der Waals surface area contributed by atoms with Crippen LogP contribution >= 0.6 is 46.6 Å². The Hall–Kier alpha value is -0.960. The summed E-state index contributed by atoms with van der Waals surface area (Å²) in [5.41, 5.74) is 0.0683. The summed E-state index contributed by atoms with van der Waals surface area (Å²) in [5.74, 6) is 0.175. The first kappa shape index (κ1) is 21.7. The largest absolute Gasteiger partial charge is 0.351 e. The van der Waals surface area contributed by atoms with Crippen LogP contribution in [0.25, 0.3) is 0 Å². The Morgan fingerprint density at radius 1 is 1.07 bits per heavy atom. The molecule has 28 heavy (non-hydrogen) atoms. The molecule has 0 heterocycles. The molecule has 0 bridgehead atoms. The molecule has 1 aliphatic carbocycles. The van der Waals surface area contributed by atoms with Crippen molar-refractivity contribution in [3.63, 3.8) is 0 Å². The van der Waals surface area contributed by atoms with Gasteiger partial charge in [-0.15, -0.1) is 11.8 Å². The van der Waals surface area contributed by atoms with Gasteiger partial charge in [-0.3, -0.25) is 4.79 Å². The fourth-order valence-corrected chi connectivity index (χ4v) is 5.41. The molecule has 0 saturated heterocycles. The van der Waals surface area contributed by atoms with E-state index in [9.17, 15) is 13.2 Å². The molecule has 1 aliphatic rings. The first-order valence-electron chi connectivity index (χ1n) is 8.44. The minimum Gasteiger partial charge on any atom is -0.351 e. The molecule has 0 spiro atoms. The van der Waals surface area contributed by atoms with Crippen molar-refractivity contribution < 1.29 is 13.2 Å². The number of nitrogens with one attached hydrogen (secondary N) is 2. The minimum absolute atomic E-state index is 0.0204. The van der Waals surface area contributed by atoms with Crippen LogP contribution in [0.1, 0.15) is 23.2 Å². The second-order valence-corrected chi connectivity index (χ2v) is 10.3. The number of benzene rings is 2. The van der Waals surface area contributed by atoms with Crippen LogP contribution in [0.3, 0.4) is 0 Å². The number of carbonyl (C=O) groups excluding carboxylic acids is 1. The average Bonchev–Trinajstić information content (AvgIpc) is 3.43. The topological polar surface area (TPSA) is 75.3 Å². The van der Waals surface area contributed by atoms with Crippen LogP contribution in [0.2, 0.25) is 15.1 Å². The number of sulfonamides is 1. The monoisotopic (exact) mass is 478 g/mol. The number of rotatable bonds is 8. The summed E-state index contributed by atoms with van der Waals surface area (Å²) in [5, 5.41) is 3.48. The molecule has 1 saturated carbocycles. The van der Waals surface area contributed by atoms with E-state index in [0.717, 1.165) is 17.7 Å². The first-order valence-corrected chi connectivity index (χ1v) is 12.0. The number of hydrogen-bond donors (Lipinski definition) is 2. The van der Waals surface area contributed by atoms with E-state index < -0.39 is 15.9 Å². The van der Waals surface area contributed by atoms with Gasteiger partial charge in [-0.25, -0.2) is 13.1 Å². The second-order valence-electron chi connectivity index (χ2n) is 6.22. The van der Waals surface area contributed by atoms with Crippen LogP contribution in [0.15, 0.2) is 46.2 Å². The minimum atomic E-state index is -3.80. The van der Waals surface area contributed by atoms with Gasteiger partial charge in [-0.05, 0) is 49.2 Å². The lowest BCUT2D eigenvalue weighted by Gasteiger charge is -2.12. The Morgan fingerprint density at radius 2 is 1.75 bits per heavy atom. The molecule has 10 heteroatoms. The van der Waals surface area contributed by atoms with Gasteiger partial charge in [-0.2, -0.15) is 0 Å². The van der Waals surface area contributed by atoms with Crippen LogP contribution in [0.4, 0.5) is 0 Å². The highest BCUT2D eigenvalue weighted by atomic mass is 35.5. The fraction of sp³-hybridized carbons (Fsp3) is 0.278. The third kappa shape index (κ3) is 5.78. The van der Waals surface area contributed by atoms with Crippen LogP contribution in [0.5, 0.6) is 0 Å². The SMILES string of the molecule is O=C(NCCSc1ccc(Cl)cc1)c1cc(S(=O)(=O)NC2CC2)c(Cl)cc1Cl. The number of carbonyl (C=O) groups is 1. The molecule has 3 rings (SSSR count). The quantitative estimate of drug-likeness (QED) is 0.428. The van der Waals surface area contributed by atoms with Crippen molar-refractivity contribution in [1.29, 1.82) is 0 Å². The molecule has 2 aromatic rings. The summed E-state index contributed by atoms with van der Waals surface area (Å²) in [6, 6.07) is 9.82. The van der Waals surface area contributed by atoms with E-state index >= 15 is 0 Å². The van der Waals surface area contributed by atoms with E-state index in [1.807, 2.05) is 12.1 Å². The van der Waals surface area contributed by atoms with E-state index in [1.165, 1.54) is 12.1 Å². The number of halogens is 3. The summed E-state index contributed by atoms with van der Waals surface area (Å²) >= 11 is 19.6. The molecule has 0 aliphatic heterocycles. The van der Waals surface area contributed by atoms with Crippen molar-refractivity contribution in [2.45, 2.75) is 28.7 Å². The van der Waals surface area contributed by atoms with Crippen molar-refractivity contribution >= 4 is 62.5 Å². The lowest BCUT2D eigenvalue weighted by Crippen LogP contribution is -2.28. The van der Waals surface area contributed by atoms with E-state index in [0.29, 0.717) is 17.3 Å². The Labute approximate surface area is 183 Å². The van der Waals surface area contributed by atoms with Crippen molar-refractivity contribution in [1.82, 2.24) is 10.0 Å². The molecule has 1 fully saturated rings. The van der Waals surface area contributed by atoms with E-state index in [1.54, 1.807) is 23.9 Å². The van der Waals surface area contributed by atoms with Gasteiger partial charge in [0.2, 0.25) is 10.0 Å². The van der Waals surface area contributed by atoms with Crippen molar-refractivity contribution in [2.24, 2.45) is 0 Å². The maximum atomic E-state index is 12.5. The highest BCUT2D eigenvalue weighted by Crippen LogP contribution is 2.30. The predicted molar refractivity (Wildman–Crippen MR) is 114 cm³/mol. The maximum absolute atomic E-state index is 12.5. The zero-order valence-electron chi connectivity index (χ0n) is 14.5. The van der Waals surface area contributed by atoms with Crippen molar-refractivity contribution in [3.05, 3.63) is 57.0 Å². The molecule has 5 nitrogen and oxygen atoms in total. The Balaban J connectivity index is 1.64. The van der Waals surface area contributed by atoms with Crippen LogP contribution in [-0.4, -0.2) is 32.7 Å². The predicted octanol–water partition coefficient (Wildman–Crippen LogP) is 4.61. The molecule has 0 unspecified atom stereocenters. The average molecular weight is 480 g/mol. The fourth-order valence-electron chi connectivity index (χ4n) is 2.35. The molecule has 2 aromatic carbocycles. The highest BCUT2D eigenvalue weighted by Gasteiger charge is 2.30. The van der Waals surface area contributed by atoms with Gasteiger partial charge >= 0.3 is 0 Å². The maximum Gasteiger partial charge on any atom is 0.252 e. The first-order chi connectivity index (χ1) is 13.3. The van der Waals surface area contributed by atoms with Crippen LogP contribution in [0, 0.1) is 0 Å². The molecular formula is C18H17Cl3N2O3S2. The summed E-state index contributed by atoms with van der Waals surface area (Å²) in [6.45, 7) is 0.382. The number of hydrogen-bond acceptors (Lipinski definition) is 4. The van der Waals surface area contributed by atoms with Crippen LogP contribution in [-0.2, 0) is 10.0 Å². The molecule has 0 radical (unpaired) electrons. The zero-order chi connectivity index (χ0) is 20.3. The summed E-state index contributed by atoms with van der Waals surface area (Å²) in [7, 11) is -3.80. The zero-order valence-corrected chi connectivity index (χ0v) is 18.4. The Morgan fingerprint density at radius 3 is 2.39 bits per heavy atom. The Kier molecular flexibility index (Phi) is 7.17. The van der Waals surface area contributed by atoms with Gasteiger partial charge in [0.05, 0.1) is 15.6 Å². The van der Waals surface area contributed by atoms with Gasteiger partial charge in [-0.1, -0.05) is 34.8 Å². The second kappa shape index (κ2) is 9.24. The normalized spacial score (nSPS) is 14.1. The van der Waals surface area contributed by atoms with Crippen molar-refractivity contribution in [2.75, 3.05) is 12.3 Å². The summed E-state index contributed by atoms with van der Waals surface area (Å²) in [6.07, 6.45) is 1.59. The van der Waals surface area contributed by atoms with E-state index in [-0.39, 0.29) is 26.5 Å². The van der Waals surface area contributed by atoms with Gasteiger partial charge in [0, 0.05) is 28.3 Å². The van der Waals surface area contributed by atoms with Gasteiger partial charge in [0.1, 0.15) is 4.90 Å². The smallest absolute Gasteiger partial charge is 0.252 e. The summed E-state index contributed by atoms with van der Waals surface area (Å²) < 4.78 is 27.4. The molecule has 2 N–H and O–H groups in total. The summed E-state index contributed by atoms with van der Waals surface area (Å²) in [4.78, 5) is 13.3. The van der Waals surface area contributed by atoms with E-state index in [2.05, 4.69) is 10.0 Å². The van der Waals surface area contributed by atoms with Crippen LogP contribution < -0.4 is 10.0 Å². The van der Waals surface area contributed by atoms with Gasteiger partial charge in [0.15, 0.2) is 0 Å². The molecule has 0 aromatic heterocycles. The lowest BCUT2D eigenvalue weighted by atomic mass is 10.2. The Bertz CT molecular complexity index is 978. The third-order valence-corrected chi connectivity index (χ3v) is 7.49. The molecule has 1 amide bonds. The number of thioether (sulfide) groups is 1. The lowest BCUT2D eigenvalue weighted by molar-refractivity contribution is 0.0956. The third-order valence-electron chi connectivity index (χ3n) is 3.92. The molecular weight excluding hydrogens is 463 g/mol.